The standard InChI is InChI=1S/C20H13F2N3O/c1-9-18-15(7-23-8-24-18)13-4-10(12-3-2-11(21)6-16(12)22)5-14-17(13)19(9)25-20(14)26/h2-9,19H,1H3,(H,25,26). The van der Waals surface area contributed by atoms with Gasteiger partial charge in [0.25, 0.3) is 5.91 Å². The number of nitrogens with zero attached hydrogens (tertiary/aromatic N) is 2. The highest BCUT2D eigenvalue weighted by atomic mass is 19.1. The Morgan fingerprint density at radius 3 is 2.65 bits per heavy atom. The maximum Gasteiger partial charge on any atom is 0.252 e. The monoisotopic (exact) mass is 349 g/mol. The Balaban J connectivity index is 1.82. The number of benzene rings is 2. The molecule has 6 heteroatoms. The summed E-state index contributed by atoms with van der Waals surface area (Å²) in [5, 5.41) is 3.00. The number of hydrogen-bond acceptors (Lipinski definition) is 3. The fraction of sp³-hybridized carbons (Fsp3) is 0.150. The molecule has 1 N–H and O–H groups in total. The number of carbonyl (C=O) groups excluding carboxylic acids is 1. The molecule has 0 fully saturated rings. The van der Waals surface area contributed by atoms with E-state index in [1.54, 1.807) is 12.3 Å². The molecule has 5 rings (SSSR count). The van der Waals surface area contributed by atoms with E-state index in [4.69, 9.17) is 0 Å². The molecule has 2 unspecified atom stereocenters. The lowest BCUT2D eigenvalue weighted by atomic mass is 9.78. The topological polar surface area (TPSA) is 54.9 Å². The van der Waals surface area contributed by atoms with Crippen LogP contribution in [-0.2, 0) is 0 Å². The van der Waals surface area contributed by atoms with Crippen LogP contribution in [0.1, 0.15) is 40.5 Å². The van der Waals surface area contributed by atoms with E-state index in [0.717, 1.165) is 28.5 Å². The summed E-state index contributed by atoms with van der Waals surface area (Å²) in [5.74, 6) is -1.48. The van der Waals surface area contributed by atoms with E-state index in [2.05, 4.69) is 15.3 Å². The van der Waals surface area contributed by atoms with Gasteiger partial charge in [-0.2, -0.15) is 0 Å². The van der Waals surface area contributed by atoms with Crippen molar-refractivity contribution >= 4 is 5.91 Å². The summed E-state index contributed by atoms with van der Waals surface area (Å²) >= 11 is 0. The molecule has 0 bridgehead atoms. The van der Waals surface area contributed by atoms with E-state index < -0.39 is 11.6 Å². The third-order valence-electron chi connectivity index (χ3n) is 5.23. The number of fused-ring (bicyclic) bond motifs is 2. The van der Waals surface area contributed by atoms with Crippen molar-refractivity contribution in [2.75, 3.05) is 0 Å². The highest BCUT2D eigenvalue weighted by Crippen LogP contribution is 2.49. The number of aromatic nitrogens is 2. The van der Waals surface area contributed by atoms with Crippen molar-refractivity contribution in [3.05, 3.63) is 71.3 Å². The van der Waals surface area contributed by atoms with Crippen LogP contribution in [-0.4, -0.2) is 15.9 Å². The molecule has 1 aliphatic heterocycles. The zero-order chi connectivity index (χ0) is 18.0. The molecule has 0 spiro atoms. The van der Waals surface area contributed by atoms with Gasteiger partial charge in [0.2, 0.25) is 0 Å². The predicted molar refractivity (Wildman–Crippen MR) is 91.4 cm³/mol. The van der Waals surface area contributed by atoms with Crippen LogP contribution in [0.4, 0.5) is 8.78 Å². The zero-order valence-corrected chi connectivity index (χ0v) is 13.8. The second-order valence-corrected chi connectivity index (χ2v) is 6.67. The lowest BCUT2D eigenvalue weighted by Crippen LogP contribution is -2.26. The normalized spacial score (nSPS) is 19.7. The van der Waals surface area contributed by atoms with Crippen LogP contribution in [0.15, 0.2) is 42.9 Å². The Morgan fingerprint density at radius 2 is 1.85 bits per heavy atom. The quantitative estimate of drug-likeness (QED) is 0.723. The molecule has 3 aromatic rings. The van der Waals surface area contributed by atoms with Crippen LogP contribution >= 0.6 is 0 Å². The maximum atomic E-state index is 14.3. The molecule has 0 saturated heterocycles. The van der Waals surface area contributed by atoms with Gasteiger partial charge in [0.15, 0.2) is 0 Å². The van der Waals surface area contributed by atoms with Gasteiger partial charge in [-0.25, -0.2) is 18.7 Å². The van der Waals surface area contributed by atoms with Crippen LogP contribution < -0.4 is 5.32 Å². The highest BCUT2D eigenvalue weighted by molar-refractivity contribution is 6.04. The molecule has 26 heavy (non-hydrogen) atoms. The van der Waals surface area contributed by atoms with Crippen molar-refractivity contribution in [2.45, 2.75) is 18.9 Å². The van der Waals surface area contributed by atoms with Crippen LogP contribution in [0, 0.1) is 11.6 Å². The average molecular weight is 349 g/mol. The maximum absolute atomic E-state index is 14.3. The van der Waals surface area contributed by atoms with E-state index in [1.807, 2.05) is 13.0 Å². The van der Waals surface area contributed by atoms with Crippen LogP contribution in [0.5, 0.6) is 0 Å². The molecular weight excluding hydrogens is 336 g/mol. The van der Waals surface area contributed by atoms with E-state index in [1.165, 1.54) is 18.5 Å². The second-order valence-electron chi connectivity index (χ2n) is 6.67. The number of nitrogens with one attached hydrogen (secondary N) is 1. The molecule has 128 valence electrons. The third-order valence-corrected chi connectivity index (χ3v) is 5.23. The highest BCUT2D eigenvalue weighted by Gasteiger charge is 2.41. The summed E-state index contributed by atoms with van der Waals surface area (Å²) in [4.78, 5) is 21.0. The number of hydrogen-bond donors (Lipinski definition) is 1. The van der Waals surface area contributed by atoms with Gasteiger partial charge in [-0.1, -0.05) is 6.92 Å². The Labute approximate surface area is 147 Å². The summed E-state index contributed by atoms with van der Waals surface area (Å²) in [5.41, 5.74) is 4.70. The molecule has 2 atom stereocenters. The third kappa shape index (κ3) is 1.95. The van der Waals surface area contributed by atoms with Gasteiger partial charge in [0.05, 0.1) is 11.7 Å². The van der Waals surface area contributed by atoms with Crippen LogP contribution in [0.25, 0.3) is 22.3 Å². The fourth-order valence-electron chi connectivity index (χ4n) is 4.01. The van der Waals surface area contributed by atoms with E-state index in [0.29, 0.717) is 11.1 Å². The molecule has 0 saturated carbocycles. The fourth-order valence-corrected chi connectivity index (χ4v) is 4.01. The van der Waals surface area contributed by atoms with Crippen LogP contribution in [0.3, 0.4) is 0 Å². The van der Waals surface area contributed by atoms with Gasteiger partial charge >= 0.3 is 0 Å². The summed E-state index contributed by atoms with van der Waals surface area (Å²) < 4.78 is 27.6. The minimum atomic E-state index is -0.666. The minimum Gasteiger partial charge on any atom is -0.345 e. The van der Waals surface area contributed by atoms with Gasteiger partial charge in [-0.3, -0.25) is 4.79 Å². The lowest BCUT2D eigenvalue weighted by Gasteiger charge is -2.29. The molecular formula is C20H13F2N3O. The van der Waals surface area contributed by atoms with E-state index in [9.17, 15) is 13.6 Å². The molecule has 1 aromatic heterocycles. The van der Waals surface area contributed by atoms with Crippen LogP contribution in [0.2, 0.25) is 0 Å². The van der Waals surface area contributed by atoms with Gasteiger partial charge in [0, 0.05) is 34.9 Å². The first-order valence-electron chi connectivity index (χ1n) is 8.29. The summed E-state index contributed by atoms with van der Waals surface area (Å²) in [6.45, 7) is 2.02. The first-order chi connectivity index (χ1) is 12.5. The Bertz CT molecular complexity index is 1100. The number of halogens is 2. The lowest BCUT2D eigenvalue weighted by molar-refractivity contribution is 0.0952. The Hall–Kier alpha value is -3.15. The second kappa shape index (κ2) is 5.17. The van der Waals surface area contributed by atoms with E-state index in [-0.39, 0.29) is 23.4 Å². The van der Waals surface area contributed by atoms with Crippen molar-refractivity contribution in [3.63, 3.8) is 0 Å². The number of rotatable bonds is 1. The van der Waals surface area contributed by atoms with Gasteiger partial charge < -0.3 is 5.32 Å². The first kappa shape index (κ1) is 15.1. The van der Waals surface area contributed by atoms with Gasteiger partial charge in [0.1, 0.15) is 18.0 Å². The van der Waals surface area contributed by atoms with E-state index >= 15 is 0 Å². The number of carbonyl (C=O) groups is 1. The molecule has 2 heterocycles. The average Bonchev–Trinajstić information content (AvgIpc) is 2.97. The smallest absolute Gasteiger partial charge is 0.252 e. The largest absolute Gasteiger partial charge is 0.345 e. The van der Waals surface area contributed by atoms with Crippen molar-refractivity contribution < 1.29 is 13.6 Å². The predicted octanol–water partition coefficient (Wildman–Crippen LogP) is 3.99. The number of amides is 1. The first-order valence-corrected chi connectivity index (χ1v) is 8.29. The zero-order valence-electron chi connectivity index (χ0n) is 13.8. The van der Waals surface area contributed by atoms with Gasteiger partial charge in [-0.05, 0) is 41.0 Å². The molecule has 1 amide bonds. The SMILES string of the molecule is CC1c2ncncc2-c2cc(-c3ccc(F)cc3F)cc3c2C1NC3=O. The molecule has 1 aliphatic carbocycles. The van der Waals surface area contributed by atoms with Gasteiger partial charge in [-0.15, -0.1) is 0 Å². The summed E-state index contributed by atoms with van der Waals surface area (Å²) in [6.07, 6.45) is 3.21. The molecule has 2 aliphatic rings. The molecule has 4 nitrogen and oxygen atoms in total. The Kier molecular flexibility index (Phi) is 3.01. The van der Waals surface area contributed by atoms with Crippen molar-refractivity contribution in [1.29, 1.82) is 0 Å². The van der Waals surface area contributed by atoms with Crippen molar-refractivity contribution in [1.82, 2.24) is 15.3 Å². The molecule has 2 aromatic carbocycles. The van der Waals surface area contributed by atoms with Crippen molar-refractivity contribution in [3.8, 4) is 22.3 Å². The minimum absolute atomic E-state index is 0.0131. The molecule has 0 radical (unpaired) electrons. The summed E-state index contributed by atoms with van der Waals surface area (Å²) in [7, 11) is 0. The van der Waals surface area contributed by atoms with Crippen molar-refractivity contribution in [2.24, 2.45) is 0 Å². The summed E-state index contributed by atoms with van der Waals surface area (Å²) in [6, 6.07) is 6.77. The Morgan fingerprint density at radius 1 is 1.04 bits per heavy atom.